The molecule has 4 heteroatoms. The van der Waals surface area contributed by atoms with Crippen molar-refractivity contribution >= 4 is 0 Å². The summed E-state index contributed by atoms with van der Waals surface area (Å²) in [7, 11) is 0. The molecule has 0 unspecified atom stereocenters. The molecule has 0 radical (unpaired) electrons. The summed E-state index contributed by atoms with van der Waals surface area (Å²) in [6, 6.07) is 0. The maximum atomic E-state index is 5.52. The summed E-state index contributed by atoms with van der Waals surface area (Å²) in [6.45, 7) is 10.4. The predicted octanol–water partition coefficient (Wildman–Crippen LogP) is 1.50. The maximum absolute atomic E-state index is 5.52. The van der Waals surface area contributed by atoms with Crippen molar-refractivity contribution in [3.63, 3.8) is 0 Å². The average molecular weight is 231 g/mol. The van der Waals surface area contributed by atoms with Crippen molar-refractivity contribution in [3.05, 3.63) is 0 Å². The molecule has 0 aromatic heterocycles. The van der Waals surface area contributed by atoms with Crippen molar-refractivity contribution < 1.29 is 14.2 Å². The van der Waals surface area contributed by atoms with E-state index < -0.39 is 0 Å². The van der Waals surface area contributed by atoms with Gasteiger partial charge in [0.2, 0.25) is 0 Å². The first kappa shape index (κ1) is 13.9. The van der Waals surface area contributed by atoms with Crippen LogP contribution in [0, 0.1) is 0 Å². The third kappa shape index (κ3) is 5.80. The van der Waals surface area contributed by atoms with E-state index in [0.29, 0.717) is 13.2 Å². The minimum absolute atomic E-state index is 0.0424. The lowest BCUT2D eigenvalue weighted by atomic mass is 10.3. The lowest BCUT2D eigenvalue weighted by Crippen LogP contribution is -2.31. The van der Waals surface area contributed by atoms with Crippen LogP contribution in [0.5, 0.6) is 0 Å². The van der Waals surface area contributed by atoms with Gasteiger partial charge >= 0.3 is 0 Å². The molecule has 4 nitrogen and oxygen atoms in total. The molecule has 16 heavy (non-hydrogen) atoms. The number of hydrogen-bond donors (Lipinski definition) is 0. The van der Waals surface area contributed by atoms with Gasteiger partial charge in [-0.05, 0) is 20.3 Å². The number of rotatable bonds is 7. The first-order valence-electron chi connectivity index (χ1n) is 6.40. The van der Waals surface area contributed by atoms with Crippen LogP contribution in [0.1, 0.15) is 26.7 Å². The second-order valence-corrected chi connectivity index (χ2v) is 3.94. The van der Waals surface area contributed by atoms with Gasteiger partial charge in [0.15, 0.2) is 6.29 Å². The monoisotopic (exact) mass is 231 g/mol. The zero-order valence-corrected chi connectivity index (χ0v) is 10.6. The standard InChI is InChI=1S/C12H25NO3/c1-3-15-12(16-4-2)6-8-13-7-5-10-14-11-9-13/h12H,3-11H2,1-2H3. The van der Waals surface area contributed by atoms with Crippen molar-refractivity contribution in [1.82, 2.24) is 4.90 Å². The van der Waals surface area contributed by atoms with Gasteiger partial charge in [-0.25, -0.2) is 0 Å². The summed E-state index contributed by atoms with van der Waals surface area (Å²) in [4.78, 5) is 2.43. The van der Waals surface area contributed by atoms with Crippen molar-refractivity contribution in [3.8, 4) is 0 Å². The molecule has 96 valence electrons. The number of ether oxygens (including phenoxy) is 3. The molecule has 0 aliphatic carbocycles. The molecular formula is C12H25NO3. The highest BCUT2D eigenvalue weighted by molar-refractivity contribution is 4.62. The Balaban J connectivity index is 2.18. The highest BCUT2D eigenvalue weighted by atomic mass is 16.7. The molecule has 0 atom stereocenters. The van der Waals surface area contributed by atoms with E-state index in [9.17, 15) is 0 Å². The second kappa shape index (κ2) is 8.93. The van der Waals surface area contributed by atoms with E-state index in [1.54, 1.807) is 0 Å². The fourth-order valence-electron chi connectivity index (χ4n) is 1.90. The molecule has 0 aromatic carbocycles. The van der Waals surface area contributed by atoms with E-state index in [0.717, 1.165) is 45.7 Å². The smallest absolute Gasteiger partial charge is 0.158 e. The van der Waals surface area contributed by atoms with E-state index in [1.807, 2.05) is 13.8 Å². The molecule has 1 rings (SSSR count). The van der Waals surface area contributed by atoms with E-state index in [2.05, 4.69) is 4.90 Å². The molecular weight excluding hydrogens is 206 g/mol. The molecule has 1 saturated heterocycles. The Kier molecular flexibility index (Phi) is 7.76. The summed E-state index contributed by atoms with van der Waals surface area (Å²) >= 11 is 0. The SMILES string of the molecule is CCOC(CCN1CCCOCC1)OCC. The maximum Gasteiger partial charge on any atom is 0.158 e. The molecule has 0 N–H and O–H groups in total. The van der Waals surface area contributed by atoms with Gasteiger partial charge in [-0.2, -0.15) is 0 Å². The van der Waals surface area contributed by atoms with Crippen LogP contribution < -0.4 is 0 Å². The quantitative estimate of drug-likeness (QED) is 0.621. The Morgan fingerprint density at radius 3 is 2.56 bits per heavy atom. The van der Waals surface area contributed by atoms with E-state index in [1.165, 1.54) is 0 Å². The topological polar surface area (TPSA) is 30.9 Å². The van der Waals surface area contributed by atoms with Crippen LogP contribution >= 0.6 is 0 Å². The Hall–Kier alpha value is -0.160. The first-order chi connectivity index (χ1) is 7.86. The normalized spacial score (nSPS) is 18.9. The van der Waals surface area contributed by atoms with Crippen molar-refractivity contribution in [2.75, 3.05) is 46.1 Å². The molecule has 0 bridgehead atoms. The first-order valence-corrected chi connectivity index (χ1v) is 6.40. The summed E-state index contributed by atoms with van der Waals surface area (Å²) in [5.74, 6) is 0. The largest absolute Gasteiger partial charge is 0.380 e. The summed E-state index contributed by atoms with van der Waals surface area (Å²) < 4.78 is 16.5. The highest BCUT2D eigenvalue weighted by Gasteiger charge is 2.13. The minimum atomic E-state index is -0.0424. The van der Waals surface area contributed by atoms with Crippen LogP contribution in [0.25, 0.3) is 0 Å². The number of hydrogen-bond acceptors (Lipinski definition) is 4. The van der Waals surface area contributed by atoms with E-state index in [4.69, 9.17) is 14.2 Å². The van der Waals surface area contributed by atoms with Gasteiger partial charge in [-0.3, -0.25) is 0 Å². The predicted molar refractivity (Wildman–Crippen MR) is 63.5 cm³/mol. The molecule has 1 heterocycles. The van der Waals surface area contributed by atoms with E-state index in [-0.39, 0.29) is 6.29 Å². The van der Waals surface area contributed by atoms with Gasteiger partial charge in [0.05, 0.1) is 6.61 Å². The Morgan fingerprint density at radius 2 is 1.88 bits per heavy atom. The zero-order chi connectivity index (χ0) is 11.6. The summed E-state index contributed by atoms with van der Waals surface area (Å²) in [5.41, 5.74) is 0. The summed E-state index contributed by atoms with van der Waals surface area (Å²) in [5, 5.41) is 0. The Bertz CT molecular complexity index is 150. The second-order valence-electron chi connectivity index (χ2n) is 3.94. The van der Waals surface area contributed by atoms with Gasteiger partial charge in [0, 0.05) is 45.9 Å². The fraction of sp³-hybridized carbons (Fsp3) is 1.00. The van der Waals surface area contributed by atoms with Crippen molar-refractivity contribution in [2.45, 2.75) is 33.0 Å². The zero-order valence-electron chi connectivity index (χ0n) is 10.6. The van der Waals surface area contributed by atoms with Crippen LogP contribution in [0.2, 0.25) is 0 Å². The molecule has 1 fully saturated rings. The molecule has 0 spiro atoms. The Labute approximate surface area is 98.8 Å². The van der Waals surface area contributed by atoms with E-state index >= 15 is 0 Å². The minimum Gasteiger partial charge on any atom is -0.380 e. The third-order valence-electron chi connectivity index (χ3n) is 2.70. The van der Waals surface area contributed by atoms with Crippen molar-refractivity contribution in [2.24, 2.45) is 0 Å². The molecule has 1 aliphatic rings. The van der Waals surface area contributed by atoms with Gasteiger partial charge < -0.3 is 19.1 Å². The van der Waals surface area contributed by atoms with Crippen LogP contribution in [0.4, 0.5) is 0 Å². The Morgan fingerprint density at radius 1 is 1.12 bits per heavy atom. The lowest BCUT2D eigenvalue weighted by molar-refractivity contribution is -0.141. The van der Waals surface area contributed by atoms with Gasteiger partial charge in [0.25, 0.3) is 0 Å². The molecule has 0 amide bonds. The lowest BCUT2D eigenvalue weighted by Gasteiger charge is -2.23. The fourth-order valence-corrected chi connectivity index (χ4v) is 1.90. The van der Waals surface area contributed by atoms with Crippen LogP contribution in [0.15, 0.2) is 0 Å². The average Bonchev–Trinajstić information content (AvgIpc) is 2.55. The highest BCUT2D eigenvalue weighted by Crippen LogP contribution is 2.05. The van der Waals surface area contributed by atoms with Gasteiger partial charge in [-0.1, -0.05) is 0 Å². The molecule has 0 saturated carbocycles. The van der Waals surface area contributed by atoms with Crippen LogP contribution in [-0.4, -0.2) is 57.3 Å². The van der Waals surface area contributed by atoms with Crippen molar-refractivity contribution in [1.29, 1.82) is 0 Å². The number of nitrogens with zero attached hydrogens (tertiary/aromatic N) is 1. The molecule has 0 aromatic rings. The van der Waals surface area contributed by atoms with Crippen LogP contribution in [0.3, 0.4) is 0 Å². The van der Waals surface area contributed by atoms with Crippen LogP contribution in [-0.2, 0) is 14.2 Å². The van der Waals surface area contributed by atoms with Gasteiger partial charge in [0.1, 0.15) is 0 Å². The summed E-state index contributed by atoms with van der Waals surface area (Å²) in [6.07, 6.45) is 2.04. The molecule has 1 aliphatic heterocycles. The van der Waals surface area contributed by atoms with Gasteiger partial charge in [-0.15, -0.1) is 0 Å². The third-order valence-corrected chi connectivity index (χ3v) is 2.70.